The highest BCUT2D eigenvalue weighted by Gasteiger charge is 2.23. The quantitative estimate of drug-likeness (QED) is 0.927. The number of fused-ring (bicyclic) bond motifs is 1. The Bertz CT molecular complexity index is 637. The van der Waals surface area contributed by atoms with Gasteiger partial charge in [-0.05, 0) is 6.42 Å². The molecule has 0 spiro atoms. The molecule has 2 aromatic rings. The molecule has 0 saturated heterocycles. The molecule has 6 heteroatoms. The highest BCUT2D eigenvalue weighted by molar-refractivity contribution is 5.80. The Hall–Kier alpha value is -1.98. The standard InChI is InChI=1S/C13H14F2N2O2/c1-3-10(13(18)19)17-11-6-8(15)7(14)5-9(11)16-12(17)4-2/h5-6,10H,3-4H2,1-2H3,(H,18,19). The van der Waals surface area contributed by atoms with Crippen LogP contribution in [0.25, 0.3) is 11.0 Å². The number of benzene rings is 1. The molecule has 0 bridgehead atoms. The first-order valence-electron chi connectivity index (χ1n) is 6.08. The SMILES string of the molecule is CCc1nc2cc(F)c(F)cc2n1C(CC)C(=O)O. The van der Waals surface area contributed by atoms with Crippen molar-refractivity contribution in [1.29, 1.82) is 0 Å². The van der Waals surface area contributed by atoms with E-state index in [-0.39, 0.29) is 5.52 Å². The largest absolute Gasteiger partial charge is 0.480 e. The second-order valence-electron chi connectivity index (χ2n) is 4.27. The minimum absolute atomic E-state index is 0.274. The molecular formula is C13H14F2N2O2. The molecular weight excluding hydrogens is 254 g/mol. The van der Waals surface area contributed by atoms with E-state index in [0.29, 0.717) is 24.2 Å². The zero-order valence-electron chi connectivity index (χ0n) is 10.7. The van der Waals surface area contributed by atoms with Crippen LogP contribution in [0.4, 0.5) is 8.78 Å². The van der Waals surface area contributed by atoms with Crippen LogP contribution >= 0.6 is 0 Å². The summed E-state index contributed by atoms with van der Waals surface area (Å²) in [7, 11) is 0. The number of carboxylic acids is 1. The van der Waals surface area contributed by atoms with E-state index in [4.69, 9.17) is 0 Å². The van der Waals surface area contributed by atoms with E-state index in [1.54, 1.807) is 6.92 Å². The zero-order chi connectivity index (χ0) is 14.2. The van der Waals surface area contributed by atoms with Crippen LogP contribution < -0.4 is 0 Å². The lowest BCUT2D eigenvalue weighted by molar-refractivity contribution is -0.140. The van der Waals surface area contributed by atoms with Gasteiger partial charge in [-0.2, -0.15) is 0 Å². The molecule has 0 aliphatic rings. The van der Waals surface area contributed by atoms with Crippen molar-refractivity contribution >= 4 is 17.0 Å². The molecule has 1 aromatic carbocycles. The predicted octanol–water partition coefficient (Wildman–Crippen LogP) is 2.91. The van der Waals surface area contributed by atoms with Gasteiger partial charge < -0.3 is 9.67 Å². The molecule has 1 N–H and O–H groups in total. The van der Waals surface area contributed by atoms with Crippen LogP contribution in [-0.4, -0.2) is 20.6 Å². The van der Waals surface area contributed by atoms with Crippen LogP contribution in [0.1, 0.15) is 32.1 Å². The number of carbonyl (C=O) groups is 1. The number of hydrogen-bond donors (Lipinski definition) is 1. The molecule has 0 aliphatic carbocycles. The number of rotatable bonds is 4. The van der Waals surface area contributed by atoms with Gasteiger partial charge in [0.05, 0.1) is 11.0 Å². The maximum Gasteiger partial charge on any atom is 0.326 e. The van der Waals surface area contributed by atoms with E-state index in [2.05, 4.69) is 4.98 Å². The fourth-order valence-corrected chi connectivity index (χ4v) is 2.21. The second kappa shape index (κ2) is 4.95. The summed E-state index contributed by atoms with van der Waals surface area (Å²) >= 11 is 0. The Morgan fingerprint density at radius 2 is 2.00 bits per heavy atom. The van der Waals surface area contributed by atoms with Crippen LogP contribution in [-0.2, 0) is 11.2 Å². The number of nitrogens with zero attached hydrogens (tertiary/aromatic N) is 2. The lowest BCUT2D eigenvalue weighted by atomic mass is 10.2. The lowest BCUT2D eigenvalue weighted by Crippen LogP contribution is -2.20. The van der Waals surface area contributed by atoms with Crippen LogP contribution in [0.15, 0.2) is 12.1 Å². The molecule has 0 amide bonds. The molecule has 0 saturated carbocycles. The van der Waals surface area contributed by atoms with Crippen molar-refractivity contribution in [3.63, 3.8) is 0 Å². The molecule has 0 fully saturated rings. The van der Waals surface area contributed by atoms with Gasteiger partial charge in [-0.1, -0.05) is 13.8 Å². The number of halogens is 2. The van der Waals surface area contributed by atoms with Gasteiger partial charge >= 0.3 is 5.97 Å². The third kappa shape index (κ3) is 2.18. The van der Waals surface area contributed by atoms with E-state index >= 15 is 0 Å². The fourth-order valence-electron chi connectivity index (χ4n) is 2.21. The zero-order valence-corrected chi connectivity index (χ0v) is 10.7. The van der Waals surface area contributed by atoms with Gasteiger partial charge in [-0.25, -0.2) is 18.6 Å². The summed E-state index contributed by atoms with van der Waals surface area (Å²) in [5, 5.41) is 9.23. The first-order valence-corrected chi connectivity index (χ1v) is 6.08. The molecule has 4 nitrogen and oxygen atoms in total. The summed E-state index contributed by atoms with van der Waals surface area (Å²) in [5.74, 6) is -2.49. The van der Waals surface area contributed by atoms with E-state index in [9.17, 15) is 18.7 Å². The molecule has 2 rings (SSSR count). The Morgan fingerprint density at radius 1 is 1.37 bits per heavy atom. The van der Waals surface area contributed by atoms with Gasteiger partial charge in [0.15, 0.2) is 11.6 Å². The number of hydrogen-bond acceptors (Lipinski definition) is 2. The third-order valence-corrected chi connectivity index (χ3v) is 3.10. The molecule has 1 atom stereocenters. The smallest absolute Gasteiger partial charge is 0.326 e. The van der Waals surface area contributed by atoms with E-state index in [1.807, 2.05) is 6.92 Å². The minimum atomic E-state index is -1.01. The predicted molar refractivity (Wildman–Crippen MR) is 66.0 cm³/mol. The Morgan fingerprint density at radius 3 is 2.53 bits per heavy atom. The van der Waals surface area contributed by atoms with Crippen LogP contribution in [0.3, 0.4) is 0 Å². The number of carboxylic acid groups (broad SMARTS) is 1. The van der Waals surface area contributed by atoms with E-state index in [0.717, 1.165) is 12.1 Å². The lowest BCUT2D eigenvalue weighted by Gasteiger charge is -2.15. The Kier molecular flexibility index (Phi) is 3.50. The number of aryl methyl sites for hydroxylation is 1. The van der Waals surface area contributed by atoms with Gasteiger partial charge in [-0.15, -0.1) is 0 Å². The number of aromatic nitrogens is 2. The molecule has 0 radical (unpaired) electrons. The summed E-state index contributed by atoms with van der Waals surface area (Å²) in [4.78, 5) is 15.5. The van der Waals surface area contributed by atoms with E-state index < -0.39 is 23.6 Å². The van der Waals surface area contributed by atoms with Gasteiger partial charge in [0.25, 0.3) is 0 Å². The van der Waals surface area contributed by atoms with Gasteiger partial charge in [0.1, 0.15) is 11.9 Å². The molecule has 19 heavy (non-hydrogen) atoms. The average Bonchev–Trinajstić information content (AvgIpc) is 2.69. The minimum Gasteiger partial charge on any atom is -0.480 e. The number of aliphatic carboxylic acids is 1. The Labute approximate surface area is 108 Å². The van der Waals surface area contributed by atoms with Gasteiger partial charge in [0, 0.05) is 18.6 Å². The highest BCUT2D eigenvalue weighted by atomic mass is 19.2. The van der Waals surface area contributed by atoms with Crippen LogP contribution in [0.2, 0.25) is 0 Å². The third-order valence-electron chi connectivity index (χ3n) is 3.10. The molecule has 1 unspecified atom stereocenters. The summed E-state index contributed by atoms with van der Waals surface area (Å²) in [6.45, 7) is 3.54. The molecule has 102 valence electrons. The molecule has 0 aliphatic heterocycles. The number of imidazole rings is 1. The summed E-state index contributed by atoms with van der Waals surface area (Å²) < 4.78 is 28.0. The summed E-state index contributed by atoms with van der Waals surface area (Å²) in [5.41, 5.74) is 0.584. The molecule has 1 aromatic heterocycles. The second-order valence-corrected chi connectivity index (χ2v) is 4.27. The van der Waals surface area contributed by atoms with Gasteiger partial charge in [-0.3, -0.25) is 0 Å². The van der Waals surface area contributed by atoms with Crippen molar-refractivity contribution in [2.24, 2.45) is 0 Å². The first-order chi connectivity index (χ1) is 8.99. The maximum absolute atomic E-state index is 13.3. The normalized spacial score (nSPS) is 12.8. The van der Waals surface area contributed by atoms with Crippen molar-refractivity contribution in [2.45, 2.75) is 32.7 Å². The maximum atomic E-state index is 13.3. The van der Waals surface area contributed by atoms with Crippen molar-refractivity contribution in [3.05, 3.63) is 29.6 Å². The molecule has 1 heterocycles. The summed E-state index contributed by atoms with van der Waals surface area (Å²) in [6, 6.07) is 1.17. The van der Waals surface area contributed by atoms with Crippen molar-refractivity contribution < 1.29 is 18.7 Å². The highest BCUT2D eigenvalue weighted by Crippen LogP contribution is 2.26. The Balaban J connectivity index is 2.76. The van der Waals surface area contributed by atoms with Crippen molar-refractivity contribution in [1.82, 2.24) is 9.55 Å². The first kappa shape index (κ1) is 13.5. The van der Waals surface area contributed by atoms with Crippen LogP contribution in [0, 0.1) is 11.6 Å². The van der Waals surface area contributed by atoms with Gasteiger partial charge in [0.2, 0.25) is 0 Å². The topological polar surface area (TPSA) is 55.1 Å². The van der Waals surface area contributed by atoms with Crippen LogP contribution in [0.5, 0.6) is 0 Å². The summed E-state index contributed by atoms with van der Waals surface area (Å²) in [6.07, 6.45) is 0.828. The fraction of sp³-hybridized carbons (Fsp3) is 0.385. The van der Waals surface area contributed by atoms with E-state index in [1.165, 1.54) is 4.57 Å². The van der Waals surface area contributed by atoms with Crippen molar-refractivity contribution in [3.8, 4) is 0 Å². The average molecular weight is 268 g/mol. The van der Waals surface area contributed by atoms with Crippen molar-refractivity contribution in [2.75, 3.05) is 0 Å². The monoisotopic (exact) mass is 268 g/mol.